The summed E-state index contributed by atoms with van der Waals surface area (Å²) in [5, 5.41) is 2.99. The van der Waals surface area contributed by atoms with Crippen LogP contribution in [-0.4, -0.2) is 57.0 Å². The molecule has 0 aromatic carbocycles. The van der Waals surface area contributed by atoms with Gasteiger partial charge in [-0.1, -0.05) is 6.92 Å². The first kappa shape index (κ1) is 15.8. The largest absolute Gasteiger partial charge is 0.354 e. The second kappa shape index (κ2) is 7.37. The van der Waals surface area contributed by atoms with E-state index in [1.807, 2.05) is 25.9 Å². The maximum Gasteiger partial charge on any atom is 0.243 e. The zero-order valence-electron chi connectivity index (χ0n) is 11.5. The van der Waals surface area contributed by atoms with Gasteiger partial charge in [0.1, 0.15) is 4.90 Å². The average Bonchev–Trinajstić information content (AvgIpc) is 2.36. The molecular formula is C11H21N5O2S. The third-order valence-corrected chi connectivity index (χ3v) is 3.74. The fraction of sp³-hybridized carbons (Fsp3) is 0.636. The lowest BCUT2D eigenvalue weighted by Crippen LogP contribution is -2.31. The van der Waals surface area contributed by atoms with Crippen LogP contribution in [0, 0.1) is 0 Å². The SMILES string of the molecule is CCCNc1ncc(S(=O)(=O)NCCN(C)C)cn1. The lowest BCUT2D eigenvalue weighted by Gasteiger charge is -2.10. The Morgan fingerprint density at radius 2 is 1.84 bits per heavy atom. The van der Waals surface area contributed by atoms with Crippen LogP contribution in [0.4, 0.5) is 5.95 Å². The van der Waals surface area contributed by atoms with Crippen molar-refractivity contribution < 1.29 is 8.42 Å². The molecule has 1 heterocycles. The molecule has 0 saturated heterocycles. The lowest BCUT2D eigenvalue weighted by atomic mass is 10.5. The van der Waals surface area contributed by atoms with Crippen molar-refractivity contribution in [3.05, 3.63) is 12.4 Å². The number of anilines is 1. The van der Waals surface area contributed by atoms with Crippen LogP contribution in [0.3, 0.4) is 0 Å². The minimum absolute atomic E-state index is 0.0771. The predicted octanol–water partition coefficient (Wildman–Crippen LogP) is 0.138. The Kier molecular flexibility index (Phi) is 6.13. The molecule has 1 rings (SSSR count). The Bertz CT molecular complexity index is 472. The van der Waals surface area contributed by atoms with Gasteiger partial charge in [-0.25, -0.2) is 23.1 Å². The molecule has 1 aromatic heterocycles. The molecule has 2 N–H and O–H groups in total. The first-order chi connectivity index (χ1) is 8.95. The van der Waals surface area contributed by atoms with Gasteiger partial charge in [0.25, 0.3) is 0 Å². The third-order valence-electron chi connectivity index (χ3n) is 2.32. The highest BCUT2D eigenvalue weighted by Gasteiger charge is 2.14. The van der Waals surface area contributed by atoms with Gasteiger partial charge in [0.05, 0.1) is 12.4 Å². The zero-order valence-corrected chi connectivity index (χ0v) is 12.4. The molecule has 19 heavy (non-hydrogen) atoms. The van der Waals surface area contributed by atoms with Crippen molar-refractivity contribution in [3.8, 4) is 0 Å². The van der Waals surface area contributed by atoms with Crippen LogP contribution < -0.4 is 10.0 Å². The summed E-state index contributed by atoms with van der Waals surface area (Å²) in [6, 6.07) is 0. The number of hydrogen-bond donors (Lipinski definition) is 2. The second-order valence-corrected chi connectivity index (χ2v) is 6.14. The molecule has 0 aliphatic carbocycles. The van der Waals surface area contributed by atoms with E-state index in [9.17, 15) is 8.42 Å². The molecule has 1 aromatic rings. The van der Waals surface area contributed by atoms with Gasteiger partial charge in [0.2, 0.25) is 16.0 Å². The van der Waals surface area contributed by atoms with E-state index in [1.54, 1.807) is 0 Å². The molecule has 0 atom stereocenters. The van der Waals surface area contributed by atoms with Crippen LogP contribution in [0.15, 0.2) is 17.3 Å². The van der Waals surface area contributed by atoms with Gasteiger partial charge in [0, 0.05) is 19.6 Å². The molecule has 0 aliphatic rings. The molecule has 108 valence electrons. The number of nitrogens with zero attached hydrogens (tertiary/aromatic N) is 3. The van der Waals surface area contributed by atoms with Crippen molar-refractivity contribution in [2.75, 3.05) is 39.0 Å². The summed E-state index contributed by atoms with van der Waals surface area (Å²) < 4.78 is 26.3. The summed E-state index contributed by atoms with van der Waals surface area (Å²) in [4.78, 5) is 9.92. The molecule has 0 fully saturated rings. The highest BCUT2D eigenvalue weighted by molar-refractivity contribution is 7.89. The molecule has 0 unspecified atom stereocenters. The first-order valence-electron chi connectivity index (χ1n) is 6.16. The summed E-state index contributed by atoms with van der Waals surface area (Å²) in [6.45, 7) is 3.77. The second-order valence-electron chi connectivity index (χ2n) is 4.37. The van der Waals surface area contributed by atoms with Gasteiger partial charge in [-0.3, -0.25) is 0 Å². The standard InChI is InChI=1S/C11H21N5O2S/c1-4-5-12-11-13-8-10(9-14-11)19(17,18)15-6-7-16(2)3/h8-9,15H,4-7H2,1-3H3,(H,12,13,14). The fourth-order valence-corrected chi connectivity index (χ4v) is 2.18. The predicted molar refractivity (Wildman–Crippen MR) is 74.6 cm³/mol. The first-order valence-corrected chi connectivity index (χ1v) is 7.64. The Balaban J connectivity index is 2.63. The van der Waals surface area contributed by atoms with Crippen molar-refractivity contribution >= 4 is 16.0 Å². The molecule has 0 amide bonds. The maximum atomic E-state index is 11.9. The Morgan fingerprint density at radius 1 is 1.21 bits per heavy atom. The Labute approximate surface area is 114 Å². The van der Waals surface area contributed by atoms with Crippen molar-refractivity contribution in [2.24, 2.45) is 0 Å². The van der Waals surface area contributed by atoms with E-state index >= 15 is 0 Å². The zero-order chi connectivity index (χ0) is 14.3. The minimum atomic E-state index is -3.52. The number of hydrogen-bond acceptors (Lipinski definition) is 6. The monoisotopic (exact) mass is 287 g/mol. The van der Waals surface area contributed by atoms with Crippen LogP contribution in [0.1, 0.15) is 13.3 Å². The Morgan fingerprint density at radius 3 is 2.37 bits per heavy atom. The topological polar surface area (TPSA) is 87.2 Å². The van der Waals surface area contributed by atoms with E-state index in [2.05, 4.69) is 20.0 Å². The van der Waals surface area contributed by atoms with Gasteiger partial charge in [-0.05, 0) is 20.5 Å². The summed E-state index contributed by atoms with van der Waals surface area (Å²) >= 11 is 0. The van der Waals surface area contributed by atoms with Gasteiger partial charge in [-0.15, -0.1) is 0 Å². The maximum absolute atomic E-state index is 11.9. The van der Waals surface area contributed by atoms with Crippen LogP contribution in [-0.2, 0) is 10.0 Å². The summed E-state index contributed by atoms with van der Waals surface area (Å²) in [6.07, 6.45) is 3.57. The molecule has 8 heteroatoms. The van der Waals surface area contributed by atoms with Crippen molar-refractivity contribution in [1.82, 2.24) is 19.6 Å². The van der Waals surface area contributed by atoms with E-state index in [4.69, 9.17) is 0 Å². The van der Waals surface area contributed by atoms with Gasteiger partial charge < -0.3 is 10.2 Å². The van der Waals surface area contributed by atoms with Gasteiger partial charge in [0.15, 0.2) is 0 Å². The fourth-order valence-electron chi connectivity index (χ4n) is 1.27. The van der Waals surface area contributed by atoms with Gasteiger partial charge >= 0.3 is 0 Å². The van der Waals surface area contributed by atoms with Crippen LogP contribution in [0.25, 0.3) is 0 Å². The molecule has 0 bridgehead atoms. The van der Waals surface area contributed by atoms with Crippen molar-refractivity contribution in [3.63, 3.8) is 0 Å². The molecule has 0 aliphatic heterocycles. The Hall–Kier alpha value is -1.25. The molecule has 7 nitrogen and oxygen atoms in total. The van der Waals surface area contributed by atoms with Crippen LogP contribution in [0.2, 0.25) is 0 Å². The van der Waals surface area contributed by atoms with Crippen molar-refractivity contribution in [1.29, 1.82) is 0 Å². The van der Waals surface area contributed by atoms with E-state index in [0.29, 0.717) is 19.0 Å². The normalized spacial score (nSPS) is 11.8. The molecular weight excluding hydrogens is 266 g/mol. The molecule has 0 saturated carbocycles. The third kappa shape index (κ3) is 5.50. The number of rotatable bonds is 8. The summed E-state index contributed by atoms with van der Waals surface area (Å²) in [5.41, 5.74) is 0. The van der Waals surface area contributed by atoms with Gasteiger partial charge in [-0.2, -0.15) is 0 Å². The van der Waals surface area contributed by atoms with E-state index in [0.717, 1.165) is 13.0 Å². The highest BCUT2D eigenvalue weighted by atomic mass is 32.2. The average molecular weight is 287 g/mol. The number of likely N-dealkylation sites (N-methyl/N-ethyl adjacent to an activating group) is 1. The summed E-state index contributed by atoms with van der Waals surface area (Å²) in [5.74, 6) is 0.439. The molecule has 0 spiro atoms. The minimum Gasteiger partial charge on any atom is -0.354 e. The number of aromatic nitrogens is 2. The molecule has 0 radical (unpaired) electrons. The highest BCUT2D eigenvalue weighted by Crippen LogP contribution is 2.07. The van der Waals surface area contributed by atoms with Crippen molar-refractivity contribution in [2.45, 2.75) is 18.2 Å². The van der Waals surface area contributed by atoms with E-state index in [1.165, 1.54) is 12.4 Å². The lowest BCUT2D eigenvalue weighted by molar-refractivity contribution is 0.412. The quantitative estimate of drug-likeness (QED) is 0.707. The number of sulfonamides is 1. The van der Waals surface area contributed by atoms with E-state index < -0.39 is 10.0 Å². The van der Waals surface area contributed by atoms with Crippen LogP contribution in [0.5, 0.6) is 0 Å². The van der Waals surface area contributed by atoms with Crippen LogP contribution >= 0.6 is 0 Å². The summed E-state index contributed by atoms with van der Waals surface area (Å²) in [7, 11) is 0.238. The smallest absolute Gasteiger partial charge is 0.243 e. The number of nitrogens with one attached hydrogen (secondary N) is 2. The van der Waals surface area contributed by atoms with E-state index in [-0.39, 0.29) is 4.90 Å².